The van der Waals surface area contributed by atoms with Gasteiger partial charge in [-0.15, -0.1) is 0 Å². The van der Waals surface area contributed by atoms with Crippen molar-refractivity contribution >= 4 is 5.91 Å². The lowest BCUT2D eigenvalue weighted by Gasteiger charge is -2.34. The van der Waals surface area contributed by atoms with E-state index in [4.69, 9.17) is 4.74 Å². The van der Waals surface area contributed by atoms with E-state index >= 15 is 0 Å². The molecule has 1 amide bonds. The molecule has 0 bridgehead atoms. The fraction of sp³-hybridized carbons (Fsp3) is 0.611. The lowest BCUT2D eigenvalue weighted by molar-refractivity contribution is 0.0645. The summed E-state index contributed by atoms with van der Waals surface area (Å²) in [5, 5.41) is 0. The minimum absolute atomic E-state index is 0.152. The van der Waals surface area contributed by atoms with Crippen LogP contribution in [0, 0.1) is 5.82 Å². The maximum Gasteiger partial charge on any atom is 0.257 e. The summed E-state index contributed by atoms with van der Waals surface area (Å²) in [5.74, 6) is -0.251. The van der Waals surface area contributed by atoms with E-state index in [0.717, 1.165) is 38.9 Å². The molecule has 0 aliphatic carbocycles. The topological polar surface area (TPSA) is 32.8 Å². The first-order valence-corrected chi connectivity index (χ1v) is 8.54. The average molecular weight is 320 g/mol. The van der Waals surface area contributed by atoms with Crippen LogP contribution in [0.25, 0.3) is 0 Å². The van der Waals surface area contributed by atoms with Gasteiger partial charge in [0.1, 0.15) is 11.6 Å². The Labute approximate surface area is 137 Å². The number of hydrogen-bond acceptors (Lipinski definition) is 3. The van der Waals surface area contributed by atoms with Crippen molar-refractivity contribution in [2.24, 2.45) is 0 Å². The van der Waals surface area contributed by atoms with Gasteiger partial charge in [0.25, 0.3) is 5.91 Å². The van der Waals surface area contributed by atoms with Crippen molar-refractivity contribution < 1.29 is 13.9 Å². The summed E-state index contributed by atoms with van der Waals surface area (Å²) < 4.78 is 19.3. The Kier molecular flexibility index (Phi) is 4.85. The summed E-state index contributed by atoms with van der Waals surface area (Å²) in [6.07, 6.45) is 4.34. The smallest absolute Gasteiger partial charge is 0.257 e. The highest BCUT2D eigenvalue weighted by Crippen LogP contribution is 2.31. The highest BCUT2D eigenvalue weighted by atomic mass is 19.1. The molecule has 1 aromatic rings. The highest BCUT2D eigenvalue weighted by Gasteiger charge is 2.39. The minimum atomic E-state index is -0.501. The SMILES string of the molecule is CCN1CCC[C@H]1[C@@H]1CCCN1C(=O)c1ccc(OC)cc1F. The molecule has 126 valence electrons. The Morgan fingerprint density at radius 1 is 1.26 bits per heavy atom. The fourth-order valence-corrected chi connectivity index (χ4v) is 4.08. The average Bonchev–Trinajstić information content (AvgIpc) is 3.21. The Bertz CT molecular complexity index is 578. The van der Waals surface area contributed by atoms with Crippen molar-refractivity contribution in [1.29, 1.82) is 0 Å². The molecule has 0 spiro atoms. The van der Waals surface area contributed by atoms with Crippen LogP contribution in [0.2, 0.25) is 0 Å². The van der Waals surface area contributed by atoms with E-state index in [1.165, 1.54) is 25.7 Å². The lowest BCUT2D eigenvalue weighted by Crippen LogP contribution is -2.48. The second kappa shape index (κ2) is 6.87. The Hall–Kier alpha value is -1.62. The number of likely N-dealkylation sites (tertiary alicyclic amines) is 2. The molecule has 2 aliphatic rings. The molecule has 5 heteroatoms. The number of nitrogens with zero attached hydrogens (tertiary/aromatic N) is 2. The molecule has 2 fully saturated rings. The quantitative estimate of drug-likeness (QED) is 0.855. The number of amides is 1. The molecule has 1 aromatic carbocycles. The van der Waals surface area contributed by atoms with E-state index in [1.807, 2.05) is 4.90 Å². The van der Waals surface area contributed by atoms with Crippen molar-refractivity contribution in [2.75, 3.05) is 26.7 Å². The molecule has 4 nitrogen and oxygen atoms in total. The van der Waals surface area contributed by atoms with Gasteiger partial charge in [-0.25, -0.2) is 4.39 Å². The van der Waals surface area contributed by atoms with Gasteiger partial charge in [0.15, 0.2) is 0 Å². The van der Waals surface area contributed by atoms with Crippen LogP contribution in [0.4, 0.5) is 4.39 Å². The summed E-state index contributed by atoms with van der Waals surface area (Å²) in [4.78, 5) is 17.2. The molecule has 0 N–H and O–H groups in total. The molecule has 2 heterocycles. The molecule has 2 atom stereocenters. The van der Waals surface area contributed by atoms with Gasteiger partial charge >= 0.3 is 0 Å². The Balaban J connectivity index is 1.81. The van der Waals surface area contributed by atoms with Gasteiger partial charge in [-0.3, -0.25) is 9.69 Å². The normalized spacial score (nSPS) is 25.1. The third kappa shape index (κ3) is 3.07. The lowest BCUT2D eigenvalue weighted by atomic mass is 10.0. The molecule has 0 radical (unpaired) electrons. The molecule has 2 aliphatic heterocycles. The second-order valence-electron chi connectivity index (χ2n) is 6.39. The number of hydrogen-bond donors (Lipinski definition) is 0. The number of carbonyl (C=O) groups is 1. The van der Waals surface area contributed by atoms with Gasteiger partial charge in [-0.1, -0.05) is 6.92 Å². The van der Waals surface area contributed by atoms with E-state index in [2.05, 4.69) is 11.8 Å². The monoisotopic (exact) mass is 320 g/mol. The van der Waals surface area contributed by atoms with E-state index in [-0.39, 0.29) is 17.5 Å². The molecule has 3 rings (SSSR count). The van der Waals surface area contributed by atoms with Crippen molar-refractivity contribution in [3.8, 4) is 5.75 Å². The summed E-state index contributed by atoms with van der Waals surface area (Å²) in [5.41, 5.74) is 0.152. The van der Waals surface area contributed by atoms with Crippen LogP contribution in [0.3, 0.4) is 0 Å². The number of halogens is 1. The van der Waals surface area contributed by atoms with Gasteiger partial charge in [0.2, 0.25) is 0 Å². The zero-order chi connectivity index (χ0) is 16.4. The van der Waals surface area contributed by atoms with E-state index in [0.29, 0.717) is 11.8 Å². The van der Waals surface area contributed by atoms with Crippen molar-refractivity contribution in [3.63, 3.8) is 0 Å². The summed E-state index contributed by atoms with van der Waals surface area (Å²) >= 11 is 0. The molecule has 0 unspecified atom stereocenters. The van der Waals surface area contributed by atoms with E-state index in [1.54, 1.807) is 6.07 Å². The predicted octanol–water partition coefficient (Wildman–Crippen LogP) is 2.92. The van der Waals surface area contributed by atoms with E-state index < -0.39 is 5.82 Å². The molecule has 0 saturated carbocycles. The first-order chi connectivity index (χ1) is 11.2. The van der Waals surface area contributed by atoms with E-state index in [9.17, 15) is 9.18 Å². The fourth-order valence-electron chi connectivity index (χ4n) is 4.08. The number of benzene rings is 1. The zero-order valence-corrected chi connectivity index (χ0v) is 13.9. The first-order valence-electron chi connectivity index (χ1n) is 8.54. The molecular weight excluding hydrogens is 295 g/mol. The van der Waals surface area contributed by atoms with Gasteiger partial charge in [0, 0.05) is 24.7 Å². The molecule has 0 aromatic heterocycles. The van der Waals surface area contributed by atoms with Crippen molar-refractivity contribution in [2.45, 2.75) is 44.7 Å². The Morgan fingerprint density at radius 2 is 2.00 bits per heavy atom. The zero-order valence-electron chi connectivity index (χ0n) is 13.9. The summed E-state index contributed by atoms with van der Waals surface area (Å²) in [7, 11) is 1.49. The van der Waals surface area contributed by atoms with Crippen LogP contribution in [0.1, 0.15) is 43.0 Å². The number of rotatable bonds is 4. The third-order valence-electron chi connectivity index (χ3n) is 5.23. The standard InChI is InChI=1S/C18H25FN2O2/c1-3-20-10-4-6-16(20)17-7-5-11-21(17)18(22)14-9-8-13(23-2)12-15(14)19/h8-9,12,16-17H,3-7,10-11H2,1-2H3/t16-,17-/m0/s1. The predicted molar refractivity (Wildman–Crippen MR) is 87.3 cm³/mol. The molecule has 23 heavy (non-hydrogen) atoms. The van der Waals surface area contributed by atoms with Gasteiger partial charge < -0.3 is 9.64 Å². The number of likely N-dealkylation sites (N-methyl/N-ethyl adjacent to an activating group) is 1. The number of carbonyl (C=O) groups excluding carboxylic acids is 1. The van der Waals surface area contributed by atoms with Crippen LogP contribution < -0.4 is 4.74 Å². The second-order valence-corrected chi connectivity index (χ2v) is 6.39. The van der Waals surface area contributed by atoms with Crippen LogP contribution in [-0.2, 0) is 0 Å². The number of methoxy groups -OCH3 is 1. The van der Waals surface area contributed by atoms with Crippen LogP contribution in [0.5, 0.6) is 5.75 Å². The van der Waals surface area contributed by atoms with Crippen molar-refractivity contribution in [3.05, 3.63) is 29.6 Å². The number of ether oxygens (including phenoxy) is 1. The largest absolute Gasteiger partial charge is 0.497 e. The van der Waals surface area contributed by atoms with Crippen LogP contribution in [0.15, 0.2) is 18.2 Å². The van der Waals surface area contributed by atoms with Crippen LogP contribution in [-0.4, -0.2) is 54.5 Å². The third-order valence-corrected chi connectivity index (χ3v) is 5.23. The minimum Gasteiger partial charge on any atom is -0.497 e. The maximum absolute atomic E-state index is 14.3. The Morgan fingerprint density at radius 3 is 2.70 bits per heavy atom. The first kappa shape index (κ1) is 16.2. The summed E-state index contributed by atoms with van der Waals surface area (Å²) in [6.45, 7) is 5.02. The summed E-state index contributed by atoms with van der Waals surface area (Å²) in [6, 6.07) is 5.11. The molecular formula is C18H25FN2O2. The van der Waals surface area contributed by atoms with Crippen LogP contribution >= 0.6 is 0 Å². The van der Waals surface area contributed by atoms with Gasteiger partial charge in [-0.05, 0) is 50.9 Å². The van der Waals surface area contributed by atoms with Crippen molar-refractivity contribution in [1.82, 2.24) is 9.80 Å². The maximum atomic E-state index is 14.3. The van der Waals surface area contributed by atoms with Gasteiger partial charge in [-0.2, -0.15) is 0 Å². The molecule has 2 saturated heterocycles. The van der Waals surface area contributed by atoms with Gasteiger partial charge in [0.05, 0.1) is 12.7 Å². The highest BCUT2D eigenvalue weighted by molar-refractivity contribution is 5.95.